The molecule has 0 aliphatic carbocycles. The summed E-state index contributed by atoms with van der Waals surface area (Å²) in [5.74, 6) is -0.373. The second kappa shape index (κ2) is 6.71. The van der Waals surface area contributed by atoms with Gasteiger partial charge in [-0.1, -0.05) is 24.3 Å². The van der Waals surface area contributed by atoms with E-state index in [1.165, 1.54) is 13.2 Å². The van der Waals surface area contributed by atoms with Gasteiger partial charge in [0.05, 0.1) is 17.5 Å². The van der Waals surface area contributed by atoms with Crippen molar-refractivity contribution < 1.29 is 13.2 Å². The fourth-order valence-electron chi connectivity index (χ4n) is 1.96. The van der Waals surface area contributed by atoms with Gasteiger partial charge in [-0.05, 0) is 18.2 Å². The average Bonchev–Trinajstić information content (AvgIpc) is 2.92. The Kier molecular flexibility index (Phi) is 4.94. The Hall–Kier alpha value is -2.19. The SMILES string of the molecule is CNS(=O)(=O)Cc1ccccc1CNC(=O)c1cnn(C)c1. The monoisotopic (exact) mass is 322 g/mol. The van der Waals surface area contributed by atoms with Crippen molar-refractivity contribution >= 4 is 15.9 Å². The number of carbonyl (C=O) groups excluding carboxylic acids is 1. The van der Waals surface area contributed by atoms with Gasteiger partial charge in [-0.25, -0.2) is 13.1 Å². The molecule has 1 heterocycles. The molecule has 0 spiro atoms. The molecule has 2 N–H and O–H groups in total. The van der Waals surface area contributed by atoms with Crippen molar-refractivity contribution in [3.63, 3.8) is 0 Å². The van der Waals surface area contributed by atoms with E-state index in [1.54, 1.807) is 42.2 Å². The minimum absolute atomic E-state index is 0.123. The Morgan fingerprint density at radius 3 is 2.55 bits per heavy atom. The van der Waals surface area contributed by atoms with Gasteiger partial charge in [-0.2, -0.15) is 5.10 Å². The third-order valence-electron chi connectivity index (χ3n) is 3.18. The van der Waals surface area contributed by atoms with E-state index in [2.05, 4.69) is 15.1 Å². The molecule has 0 unspecified atom stereocenters. The first-order chi connectivity index (χ1) is 10.4. The zero-order valence-electron chi connectivity index (χ0n) is 12.4. The molecule has 118 valence electrons. The Balaban J connectivity index is 2.08. The highest BCUT2D eigenvalue weighted by atomic mass is 32.2. The molecule has 0 saturated carbocycles. The number of amides is 1. The summed E-state index contributed by atoms with van der Waals surface area (Å²) in [4.78, 5) is 12.0. The van der Waals surface area contributed by atoms with Crippen LogP contribution in [0.1, 0.15) is 21.5 Å². The number of nitrogens with zero attached hydrogens (tertiary/aromatic N) is 2. The first-order valence-corrected chi connectivity index (χ1v) is 8.31. The number of nitrogens with one attached hydrogen (secondary N) is 2. The molecule has 1 aromatic heterocycles. The predicted molar refractivity (Wildman–Crippen MR) is 82.5 cm³/mol. The first kappa shape index (κ1) is 16.2. The molecule has 2 rings (SSSR count). The van der Waals surface area contributed by atoms with Crippen LogP contribution >= 0.6 is 0 Å². The minimum atomic E-state index is -3.36. The zero-order valence-corrected chi connectivity index (χ0v) is 13.2. The van der Waals surface area contributed by atoms with E-state index >= 15 is 0 Å². The lowest BCUT2D eigenvalue weighted by Crippen LogP contribution is -2.25. The Bertz CT molecular complexity index is 768. The van der Waals surface area contributed by atoms with Crippen molar-refractivity contribution in [3.05, 3.63) is 53.3 Å². The van der Waals surface area contributed by atoms with E-state index in [4.69, 9.17) is 0 Å². The Labute approximate surface area is 129 Å². The molecule has 0 aliphatic rings. The maximum absolute atomic E-state index is 12.0. The first-order valence-electron chi connectivity index (χ1n) is 6.66. The summed E-state index contributed by atoms with van der Waals surface area (Å²) >= 11 is 0. The maximum atomic E-state index is 12.0. The van der Waals surface area contributed by atoms with Crippen molar-refractivity contribution in [2.24, 2.45) is 7.05 Å². The van der Waals surface area contributed by atoms with Crippen LogP contribution in [0.15, 0.2) is 36.7 Å². The Morgan fingerprint density at radius 2 is 1.95 bits per heavy atom. The van der Waals surface area contributed by atoms with Gasteiger partial charge in [0.2, 0.25) is 10.0 Å². The molecule has 1 amide bonds. The number of benzene rings is 1. The highest BCUT2D eigenvalue weighted by Gasteiger charge is 2.13. The van der Waals surface area contributed by atoms with Crippen molar-refractivity contribution in [1.29, 1.82) is 0 Å². The van der Waals surface area contributed by atoms with Crippen LogP contribution in [-0.4, -0.2) is 31.2 Å². The van der Waals surface area contributed by atoms with Gasteiger partial charge >= 0.3 is 0 Å². The van der Waals surface area contributed by atoms with Crippen molar-refractivity contribution in [3.8, 4) is 0 Å². The summed E-state index contributed by atoms with van der Waals surface area (Å²) in [7, 11) is -0.251. The smallest absolute Gasteiger partial charge is 0.254 e. The number of aromatic nitrogens is 2. The average molecular weight is 322 g/mol. The second-order valence-electron chi connectivity index (χ2n) is 4.82. The van der Waals surface area contributed by atoms with Crippen molar-refractivity contribution in [1.82, 2.24) is 19.8 Å². The number of aryl methyl sites for hydroxylation is 1. The summed E-state index contributed by atoms with van der Waals surface area (Å²) in [6, 6.07) is 7.11. The van der Waals surface area contributed by atoms with Gasteiger partial charge in [0.25, 0.3) is 5.91 Å². The maximum Gasteiger partial charge on any atom is 0.254 e. The summed E-state index contributed by atoms with van der Waals surface area (Å²) < 4.78 is 27.2. The van der Waals surface area contributed by atoms with Gasteiger partial charge in [-0.15, -0.1) is 0 Å². The van der Waals surface area contributed by atoms with E-state index in [0.29, 0.717) is 11.1 Å². The van der Waals surface area contributed by atoms with Crippen LogP contribution in [0.3, 0.4) is 0 Å². The number of rotatable bonds is 6. The van der Waals surface area contributed by atoms with Crippen LogP contribution in [0.5, 0.6) is 0 Å². The number of hydrogen-bond acceptors (Lipinski definition) is 4. The molecular weight excluding hydrogens is 304 g/mol. The molecule has 22 heavy (non-hydrogen) atoms. The van der Waals surface area contributed by atoms with Crippen LogP contribution < -0.4 is 10.0 Å². The summed E-state index contributed by atoms with van der Waals surface area (Å²) in [5, 5.41) is 6.70. The van der Waals surface area contributed by atoms with Gasteiger partial charge in [0.1, 0.15) is 0 Å². The topological polar surface area (TPSA) is 93.1 Å². The summed E-state index contributed by atoms with van der Waals surface area (Å²) in [6.07, 6.45) is 3.10. The van der Waals surface area contributed by atoms with E-state index in [0.717, 1.165) is 5.56 Å². The molecule has 0 radical (unpaired) electrons. The van der Waals surface area contributed by atoms with Gasteiger partial charge in [0, 0.05) is 19.8 Å². The Morgan fingerprint density at radius 1 is 1.27 bits per heavy atom. The second-order valence-corrected chi connectivity index (χ2v) is 6.74. The van der Waals surface area contributed by atoms with E-state index in [-0.39, 0.29) is 18.2 Å². The third-order valence-corrected chi connectivity index (χ3v) is 4.49. The minimum Gasteiger partial charge on any atom is -0.348 e. The van der Waals surface area contributed by atoms with Gasteiger partial charge in [0.15, 0.2) is 0 Å². The molecule has 0 atom stereocenters. The highest BCUT2D eigenvalue weighted by molar-refractivity contribution is 7.88. The molecule has 7 nitrogen and oxygen atoms in total. The molecule has 2 aromatic rings. The molecular formula is C14H18N4O3S. The molecule has 0 fully saturated rings. The van der Waals surface area contributed by atoms with E-state index in [1.807, 2.05) is 0 Å². The van der Waals surface area contributed by atoms with Crippen molar-refractivity contribution in [2.75, 3.05) is 7.05 Å². The lowest BCUT2D eigenvalue weighted by molar-refractivity contribution is 0.0951. The highest BCUT2D eigenvalue weighted by Crippen LogP contribution is 2.12. The van der Waals surface area contributed by atoms with Gasteiger partial charge < -0.3 is 5.32 Å². The van der Waals surface area contributed by atoms with Crippen LogP contribution in [0.2, 0.25) is 0 Å². The van der Waals surface area contributed by atoms with Crippen LogP contribution in [0.4, 0.5) is 0 Å². The molecule has 0 bridgehead atoms. The standard InChI is InChI=1S/C14H18N4O3S/c1-15-22(20,21)10-12-6-4-3-5-11(12)7-16-14(19)13-8-17-18(2)9-13/h3-6,8-9,15H,7,10H2,1-2H3,(H,16,19). The normalized spacial score (nSPS) is 11.4. The lowest BCUT2D eigenvalue weighted by atomic mass is 10.1. The third kappa shape index (κ3) is 4.15. The number of sulfonamides is 1. The molecule has 1 aromatic carbocycles. The van der Waals surface area contributed by atoms with Crippen LogP contribution in [0.25, 0.3) is 0 Å². The zero-order chi connectivity index (χ0) is 16.2. The number of carbonyl (C=O) groups is 1. The van der Waals surface area contributed by atoms with Crippen molar-refractivity contribution in [2.45, 2.75) is 12.3 Å². The quantitative estimate of drug-likeness (QED) is 0.805. The summed E-state index contributed by atoms with van der Waals surface area (Å²) in [6.45, 7) is 0.253. The summed E-state index contributed by atoms with van der Waals surface area (Å²) in [5.41, 5.74) is 1.88. The molecule has 0 saturated heterocycles. The van der Waals surface area contributed by atoms with Crippen LogP contribution in [0, 0.1) is 0 Å². The fourth-order valence-corrected chi connectivity index (χ4v) is 2.80. The predicted octanol–water partition coefficient (Wildman–Crippen LogP) is 0.399. The largest absolute Gasteiger partial charge is 0.348 e. The van der Waals surface area contributed by atoms with Gasteiger partial charge in [-0.3, -0.25) is 9.48 Å². The van der Waals surface area contributed by atoms with E-state index in [9.17, 15) is 13.2 Å². The molecule has 8 heteroatoms. The van der Waals surface area contributed by atoms with Crippen LogP contribution in [-0.2, 0) is 29.4 Å². The molecule has 0 aliphatic heterocycles. The fraction of sp³-hybridized carbons (Fsp3) is 0.286. The number of hydrogen-bond donors (Lipinski definition) is 2. The van der Waals surface area contributed by atoms with E-state index < -0.39 is 10.0 Å². The lowest BCUT2D eigenvalue weighted by Gasteiger charge is -2.10.